The van der Waals surface area contributed by atoms with Gasteiger partial charge < -0.3 is 20.2 Å². The molecule has 1 aromatic rings. The standard InChI is InChI=1S/C16H20N4O4/c1-19-7-10-5-9(19)8-20(10)14(21)16(15(22)23)12-4-3-11(24-2)6-13(12)17-18-16/h3-4,6,9-10,17-18H,5,7-8H2,1-2H3,(H,22,23)/t9-,10-,16?/m0/s1. The molecule has 0 aromatic heterocycles. The van der Waals surface area contributed by atoms with Crippen molar-refractivity contribution in [2.24, 2.45) is 0 Å². The number of carbonyl (C=O) groups is 2. The van der Waals surface area contributed by atoms with Gasteiger partial charge in [0.1, 0.15) is 5.75 Å². The Kier molecular flexibility index (Phi) is 3.23. The summed E-state index contributed by atoms with van der Waals surface area (Å²) in [6.07, 6.45) is 0.904. The van der Waals surface area contributed by atoms with Gasteiger partial charge in [0.05, 0.1) is 12.8 Å². The smallest absolute Gasteiger partial charge is 0.340 e. The Labute approximate surface area is 139 Å². The summed E-state index contributed by atoms with van der Waals surface area (Å²) in [5, 5.41) is 9.90. The molecule has 1 unspecified atom stereocenters. The Morgan fingerprint density at radius 3 is 2.71 bits per heavy atom. The Morgan fingerprint density at radius 1 is 1.33 bits per heavy atom. The molecule has 3 heterocycles. The Hall–Kier alpha value is -2.32. The molecule has 8 heteroatoms. The lowest BCUT2D eigenvalue weighted by atomic mass is 9.88. The van der Waals surface area contributed by atoms with Gasteiger partial charge in [-0.05, 0) is 19.5 Å². The molecule has 0 radical (unpaired) electrons. The lowest BCUT2D eigenvalue weighted by Gasteiger charge is -2.36. The molecule has 0 aliphatic carbocycles. The number of fused-ring (bicyclic) bond motifs is 3. The highest BCUT2D eigenvalue weighted by Gasteiger charge is 2.58. The summed E-state index contributed by atoms with van der Waals surface area (Å²) in [5.74, 6) is -1.02. The second-order valence-corrected chi connectivity index (χ2v) is 6.66. The number of ether oxygens (including phenoxy) is 1. The third kappa shape index (κ3) is 1.87. The van der Waals surface area contributed by atoms with Crippen LogP contribution >= 0.6 is 0 Å². The number of rotatable bonds is 3. The van der Waals surface area contributed by atoms with Crippen molar-refractivity contribution in [2.75, 3.05) is 32.7 Å². The summed E-state index contributed by atoms with van der Waals surface area (Å²) in [7, 11) is 3.58. The molecule has 2 saturated heterocycles. The molecule has 24 heavy (non-hydrogen) atoms. The molecule has 3 N–H and O–H groups in total. The van der Waals surface area contributed by atoms with E-state index >= 15 is 0 Å². The predicted molar refractivity (Wildman–Crippen MR) is 85.6 cm³/mol. The topological polar surface area (TPSA) is 94.1 Å². The Morgan fingerprint density at radius 2 is 2.12 bits per heavy atom. The number of piperazine rings is 1. The summed E-state index contributed by atoms with van der Waals surface area (Å²) in [6.45, 7) is 1.36. The van der Waals surface area contributed by atoms with Gasteiger partial charge >= 0.3 is 5.97 Å². The summed E-state index contributed by atoms with van der Waals surface area (Å²) >= 11 is 0. The van der Waals surface area contributed by atoms with Crippen LogP contribution in [0.2, 0.25) is 0 Å². The van der Waals surface area contributed by atoms with Crippen molar-refractivity contribution in [2.45, 2.75) is 24.0 Å². The molecule has 2 fully saturated rings. The van der Waals surface area contributed by atoms with Crippen LogP contribution in [0.4, 0.5) is 5.69 Å². The van der Waals surface area contributed by atoms with Crippen molar-refractivity contribution in [1.82, 2.24) is 15.2 Å². The highest BCUT2D eigenvalue weighted by molar-refractivity contribution is 6.10. The lowest BCUT2D eigenvalue weighted by molar-refractivity contribution is -0.156. The monoisotopic (exact) mass is 332 g/mol. The minimum atomic E-state index is -1.80. The van der Waals surface area contributed by atoms with Crippen LogP contribution in [0.5, 0.6) is 5.75 Å². The van der Waals surface area contributed by atoms with Gasteiger partial charge in [-0.25, -0.2) is 10.2 Å². The number of carboxylic acid groups (broad SMARTS) is 1. The van der Waals surface area contributed by atoms with Crippen LogP contribution < -0.4 is 15.6 Å². The highest BCUT2D eigenvalue weighted by Crippen LogP contribution is 2.40. The molecule has 2 bridgehead atoms. The number of amides is 1. The van der Waals surface area contributed by atoms with Crippen molar-refractivity contribution < 1.29 is 19.4 Å². The summed E-state index contributed by atoms with van der Waals surface area (Å²) in [6, 6.07) is 5.38. The van der Waals surface area contributed by atoms with Gasteiger partial charge in [0.2, 0.25) is 5.54 Å². The maximum atomic E-state index is 13.2. The SMILES string of the molecule is COc1ccc2c(c1)NNC2(C(=O)O)C(=O)N1C[C@@H]2C[C@H]1CN2C. The number of nitrogens with zero attached hydrogens (tertiary/aromatic N) is 2. The molecule has 128 valence electrons. The number of aliphatic carboxylic acids is 1. The molecule has 8 nitrogen and oxygen atoms in total. The molecule has 1 aromatic carbocycles. The van der Waals surface area contributed by atoms with Crippen LogP contribution in [0.15, 0.2) is 18.2 Å². The number of carbonyl (C=O) groups excluding carboxylic acids is 1. The number of hydrogen-bond donors (Lipinski definition) is 3. The van der Waals surface area contributed by atoms with E-state index in [1.54, 1.807) is 23.1 Å². The second-order valence-electron chi connectivity index (χ2n) is 6.66. The molecule has 4 rings (SSSR count). The number of likely N-dealkylation sites (tertiary alicyclic amines) is 2. The fourth-order valence-electron chi connectivity index (χ4n) is 4.07. The second kappa shape index (κ2) is 5.09. The first kappa shape index (κ1) is 15.2. The third-order valence-corrected chi connectivity index (χ3v) is 5.43. The first-order valence-electron chi connectivity index (χ1n) is 7.93. The third-order valence-electron chi connectivity index (χ3n) is 5.43. The average Bonchev–Trinajstić information content (AvgIpc) is 3.25. The minimum Gasteiger partial charge on any atom is -0.497 e. The van der Waals surface area contributed by atoms with E-state index < -0.39 is 17.4 Å². The van der Waals surface area contributed by atoms with Crippen molar-refractivity contribution in [3.05, 3.63) is 23.8 Å². The maximum absolute atomic E-state index is 13.2. The fraction of sp³-hybridized carbons (Fsp3) is 0.500. The van der Waals surface area contributed by atoms with Crippen molar-refractivity contribution in [3.63, 3.8) is 0 Å². The summed E-state index contributed by atoms with van der Waals surface area (Å²) in [4.78, 5) is 29.3. The molecular formula is C16H20N4O4. The Balaban J connectivity index is 1.72. The van der Waals surface area contributed by atoms with Gasteiger partial charge in [-0.3, -0.25) is 9.69 Å². The predicted octanol–water partition coefficient (Wildman–Crippen LogP) is -0.180. The van der Waals surface area contributed by atoms with Crippen LogP contribution in [0.3, 0.4) is 0 Å². The van der Waals surface area contributed by atoms with Crippen molar-refractivity contribution in [3.8, 4) is 5.75 Å². The van der Waals surface area contributed by atoms with Gasteiger partial charge in [-0.15, -0.1) is 0 Å². The summed E-state index contributed by atoms with van der Waals surface area (Å²) in [5.41, 5.74) is 4.72. The zero-order chi connectivity index (χ0) is 17.1. The molecule has 1 amide bonds. The minimum absolute atomic E-state index is 0.0767. The quantitative estimate of drug-likeness (QED) is 0.661. The number of likely N-dealkylation sites (N-methyl/N-ethyl adjacent to an activating group) is 1. The maximum Gasteiger partial charge on any atom is 0.340 e. The van der Waals surface area contributed by atoms with Gasteiger partial charge in [0.25, 0.3) is 5.91 Å². The van der Waals surface area contributed by atoms with E-state index in [0.717, 1.165) is 13.0 Å². The van der Waals surface area contributed by atoms with Crippen LogP contribution in [0.25, 0.3) is 0 Å². The number of nitrogens with one attached hydrogen (secondary N) is 2. The zero-order valence-corrected chi connectivity index (χ0v) is 13.6. The van der Waals surface area contributed by atoms with Gasteiger partial charge in [0, 0.05) is 36.8 Å². The van der Waals surface area contributed by atoms with Gasteiger partial charge in [0.15, 0.2) is 0 Å². The zero-order valence-electron chi connectivity index (χ0n) is 13.6. The molecule has 0 saturated carbocycles. The number of hydrogen-bond acceptors (Lipinski definition) is 6. The van der Waals surface area contributed by atoms with E-state index in [9.17, 15) is 14.7 Å². The van der Waals surface area contributed by atoms with Crippen molar-refractivity contribution in [1.29, 1.82) is 0 Å². The van der Waals surface area contributed by atoms with Crippen LogP contribution in [0, 0.1) is 0 Å². The van der Waals surface area contributed by atoms with Crippen LogP contribution in [-0.4, -0.2) is 66.1 Å². The number of carboxylic acids is 1. The van der Waals surface area contributed by atoms with E-state index in [0.29, 0.717) is 29.6 Å². The molecular weight excluding hydrogens is 312 g/mol. The van der Waals surface area contributed by atoms with E-state index in [-0.39, 0.29) is 6.04 Å². The van der Waals surface area contributed by atoms with Crippen LogP contribution in [0.1, 0.15) is 12.0 Å². The molecule has 0 spiro atoms. The summed E-state index contributed by atoms with van der Waals surface area (Å²) < 4.78 is 5.16. The molecule has 3 aliphatic rings. The van der Waals surface area contributed by atoms with E-state index in [2.05, 4.69) is 15.8 Å². The molecule has 3 aliphatic heterocycles. The first-order valence-corrected chi connectivity index (χ1v) is 7.93. The van der Waals surface area contributed by atoms with Crippen molar-refractivity contribution >= 4 is 17.6 Å². The van der Waals surface area contributed by atoms with E-state index in [1.807, 2.05) is 7.05 Å². The number of methoxy groups -OCH3 is 1. The number of hydrazine groups is 1. The number of benzene rings is 1. The largest absolute Gasteiger partial charge is 0.497 e. The first-order chi connectivity index (χ1) is 11.5. The fourth-order valence-corrected chi connectivity index (χ4v) is 4.07. The molecule has 3 atom stereocenters. The number of anilines is 1. The average molecular weight is 332 g/mol. The van der Waals surface area contributed by atoms with Gasteiger partial charge in [-0.2, -0.15) is 0 Å². The van der Waals surface area contributed by atoms with Gasteiger partial charge in [-0.1, -0.05) is 6.07 Å². The Bertz CT molecular complexity index is 722. The lowest BCUT2D eigenvalue weighted by Crippen LogP contribution is -2.61. The highest BCUT2D eigenvalue weighted by atomic mass is 16.5. The normalized spacial score (nSPS) is 31.0. The van der Waals surface area contributed by atoms with E-state index in [4.69, 9.17) is 4.74 Å². The van der Waals surface area contributed by atoms with Crippen LogP contribution in [-0.2, 0) is 15.1 Å². The van der Waals surface area contributed by atoms with E-state index in [1.165, 1.54) is 7.11 Å².